The molecule has 0 saturated carbocycles. The van der Waals surface area contributed by atoms with Gasteiger partial charge in [0.2, 0.25) is 0 Å². The van der Waals surface area contributed by atoms with Gasteiger partial charge in [-0.05, 0) is 0 Å². The van der Waals surface area contributed by atoms with Crippen molar-refractivity contribution in [2.45, 2.75) is 0 Å². The Bertz CT molecular complexity index is 138. The fraction of sp³-hybridized carbons (Fsp3) is 0. The second-order valence-corrected chi connectivity index (χ2v) is 1.32. The van der Waals surface area contributed by atoms with Crippen LogP contribution in [-0.4, -0.2) is 4.98 Å². The topological polar surface area (TPSA) is 12.9 Å². The molecule has 1 nitrogen and oxygen atoms in total. The maximum absolute atomic E-state index is 3.87. The van der Waals surface area contributed by atoms with E-state index in [0.717, 1.165) is 5.69 Å². The maximum Gasteiger partial charge on any atom is 1.00 e. The Morgan fingerprint density at radius 2 is 2.12 bits per heavy atom. The Hall–Kier alpha value is 0.656. The molecule has 0 saturated heterocycles. The van der Waals surface area contributed by atoms with E-state index in [1.165, 1.54) is 0 Å². The largest absolute Gasteiger partial charge is 1.00 e. The molecular weight excluding hydrogens is 125 g/mol. The van der Waals surface area contributed by atoms with Gasteiger partial charge in [-0.25, -0.2) is 6.92 Å². The van der Waals surface area contributed by atoms with Crippen LogP contribution < -0.4 is 51.4 Å². The average molecular weight is 131 g/mol. The minimum Gasteiger partial charge on any atom is -0.296 e. The van der Waals surface area contributed by atoms with Crippen molar-refractivity contribution in [1.82, 2.24) is 4.98 Å². The van der Waals surface area contributed by atoms with E-state index in [1.807, 2.05) is 18.2 Å². The van der Waals surface area contributed by atoms with Crippen LogP contribution in [0, 0.1) is 6.92 Å². The SMILES string of the molecule is [CH2-]c1ccccn1.[K+]. The summed E-state index contributed by atoms with van der Waals surface area (Å²) in [6, 6.07) is 5.64. The van der Waals surface area contributed by atoms with Crippen LogP contribution in [0.1, 0.15) is 5.69 Å². The second-order valence-electron chi connectivity index (χ2n) is 1.32. The quantitative estimate of drug-likeness (QED) is 0.301. The third kappa shape index (κ3) is 2.84. The normalized spacial score (nSPS) is 7.50. The molecule has 8 heavy (non-hydrogen) atoms. The first-order valence-electron chi connectivity index (χ1n) is 2.12. The summed E-state index contributed by atoms with van der Waals surface area (Å²) in [7, 11) is 0. The molecule has 0 amide bonds. The summed E-state index contributed by atoms with van der Waals surface area (Å²) >= 11 is 0. The molecule has 1 heterocycles. The van der Waals surface area contributed by atoms with Gasteiger partial charge >= 0.3 is 51.4 Å². The first-order valence-corrected chi connectivity index (χ1v) is 2.12. The van der Waals surface area contributed by atoms with Crippen LogP contribution in [0.25, 0.3) is 0 Å². The molecular formula is C6H6KN. The van der Waals surface area contributed by atoms with E-state index < -0.39 is 0 Å². The summed E-state index contributed by atoms with van der Waals surface area (Å²) in [6.07, 6.45) is 1.72. The predicted octanol–water partition coefficient (Wildman–Crippen LogP) is -1.73. The van der Waals surface area contributed by atoms with Crippen molar-refractivity contribution in [2.75, 3.05) is 0 Å². The van der Waals surface area contributed by atoms with Crippen LogP contribution in [0.4, 0.5) is 0 Å². The van der Waals surface area contributed by atoms with Gasteiger partial charge in [0.25, 0.3) is 0 Å². The molecule has 0 aliphatic carbocycles. The molecule has 0 fully saturated rings. The second kappa shape index (κ2) is 4.53. The Labute approximate surface area is 91.9 Å². The fourth-order valence-corrected chi connectivity index (χ4v) is 0.398. The van der Waals surface area contributed by atoms with Crippen molar-refractivity contribution < 1.29 is 51.4 Å². The molecule has 0 aromatic carbocycles. The number of rotatable bonds is 0. The Kier molecular flexibility index (Phi) is 4.90. The number of nitrogens with zero attached hydrogens (tertiary/aromatic N) is 1. The summed E-state index contributed by atoms with van der Waals surface area (Å²) < 4.78 is 0. The summed E-state index contributed by atoms with van der Waals surface area (Å²) in [4.78, 5) is 3.87. The van der Waals surface area contributed by atoms with E-state index in [9.17, 15) is 0 Å². The summed E-state index contributed by atoms with van der Waals surface area (Å²) in [6.45, 7) is 3.61. The predicted molar refractivity (Wildman–Crippen MR) is 28.7 cm³/mol. The van der Waals surface area contributed by atoms with Crippen molar-refractivity contribution in [3.05, 3.63) is 37.0 Å². The Morgan fingerprint density at radius 3 is 2.38 bits per heavy atom. The van der Waals surface area contributed by atoms with Crippen molar-refractivity contribution >= 4 is 0 Å². The number of hydrogen-bond donors (Lipinski definition) is 0. The van der Waals surface area contributed by atoms with Gasteiger partial charge in [-0.3, -0.25) is 4.98 Å². The van der Waals surface area contributed by atoms with Crippen LogP contribution in [0.5, 0.6) is 0 Å². The van der Waals surface area contributed by atoms with E-state index in [2.05, 4.69) is 11.9 Å². The van der Waals surface area contributed by atoms with E-state index in [4.69, 9.17) is 0 Å². The van der Waals surface area contributed by atoms with Crippen LogP contribution in [0.3, 0.4) is 0 Å². The smallest absolute Gasteiger partial charge is 0.296 e. The molecule has 0 radical (unpaired) electrons. The van der Waals surface area contributed by atoms with E-state index in [1.54, 1.807) is 6.20 Å². The first kappa shape index (κ1) is 8.66. The van der Waals surface area contributed by atoms with Crippen molar-refractivity contribution in [3.63, 3.8) is 0 Å². The van der Waals surface area contributed by atoms with Gasteiger partial charge in [0.15, 0.2) is 0 Å². The van der Waals surface area contributed by atoms with Gasteiger partial charge in [0.05, 0.1) is 0 Å². The molecule has 0 aliphatic heterocycles. The third-order valence-corrected chi connectivity index (χ3v) is 0.726. The molecule has 0 spiro atoms. The van der Waals surface area contributed by atoms with Crippen molar-refractivity contribution in [1.29, 1.82) is 0 Å². The van der Waals surface area contributed by atoms with Gasteiger partial charge in [-0.15, -0.1) is 11.8 Å². The van der Waals surface area contributed by atoms with Crippen LogP contribution in [-0.2, 0) is 0 Å². The zero-order chi connectivity index (χ0) is 5.11. The molecule has 0 atom stereocenters. The zero-order valence-corrected chi connectivity index (χ0v) is 8.09. The zero-order valence-electron chi connectivity index (χ0n) is 4.96. The summed E-state index contributed by atoms with van der Waals surface area (Å²) in [5, 5.41) is 0. The van der Waals surface area contributed by atoms with E-state index in [0.29, 0.717) is 0 Å². The van der Waals surface area contributed by atoms with Gasteiger partial charge < -0.3 is 0 Å². The minimum absolute atomic E-state index is 0. The fourth-order valence-electron chi connectivity index (χ4n) is 0.398. The van der Waals surface area contributed by atoms with Crippen LogP contribution in [0.2, 0.25) is 0 Å². The monoisotopic (exact) mass is 131 g/mol. The number of hydrogen-bond acceptors (Lipinski definition) is 1. The molecule has 1 aromatic rings. The summed E-state index contributed by atoms with van der Waals surface area (Å²) in [5.41, 5.74) is 0.822. The van der Waals surface area contributed by atoms with Gasteiger partial charge in [-0.1, -0.05) is 6.07 Å². The van der Waals surface area contributed by atoms with Gasteiger partial charge in [0.1, 0.15) is 0 Å². The number of aromatic nitrogens is 1. The molecule has 1 aromatic heterocycles. The molecule has 1 rings (SSSR count). The van der Waals surface area contributed by atoms with E-state index >= 15 is 0 Å². The maximum atomic E-state index is 3.87. The third-order valence-electron chi connectivity index (χ3n) is 0.726. The number of pyridine rings is 1. The molecule has 0 unspecified atom stereocenters. The Balaban J connectivity index is 0.000000490. The molecule has 36 valence electrons. The molecule has 0 bridgehead atoms. The first-order chi connectivity index (χ1) is 3.39. The minimum atomic E-state index is 0. The molecule has 0 N–H and O–H groups in total. The van der Waals surface area contributed by atoms with Crippen LogP contribution >= 0.6 is 0 Å². The van der Waals surface area contributed by atoms with Crippen molar-refractivity contribution in [3.8, 4) is 0 Å². The Morgan fingerprint density at radius 1 is 1.38 bits per heavy atom. The van der Waals surface area contributed by atoms with Gasteiger partial charge in [0, 0.05) is 6.20 Å². The van der Waals surface area contributed by atoms with Crippen molar-refractivity contribution in [2.24, 2.45) is 0 Å². The standard InChI is InChI=1S/C6H6N.K/c1-6-4-2-3-5-7-6;/h2-5H,1H2;/q-1;+1. The van der Waals surface area contributed by atoms with Gasteiger partial charge in [-0.2, -0.15) is 6.07 Å². The molecule has 2 heteroatoms. The van der Waals surface area contributed by atoms with Crippen LogP contribution in [0.15, 0.2) is 24.4 Å². The molecule has 0 aliphatic rings. The van der Waals surface area contributed by atoms with E-state index in [-0.39, 0.29) is 51.4 Å². The summed E-state index contributed by atoms with van der Waals surface area (Å²) in [5.74, 6) is 0. The average Bonchev–Trinajstić information content (AvgIpc) is 1.69.